The van der Waals surface area contributed by atoms with Crippen molar-refractivity contribution in [2.75, 3.05) is 26.2 Å². The lowest BCUT2D eigenvalue weighted by Gasteiger charge is -2.20. The van der Waals surface area contributed by atoms with Crippen LogP contribution in [0.1, 0.15) is 46.0 Å². The lowest BCUT2D eigenvalue weighted by Crippen LogP contribution is -2.39. The Morgan fingerprint density at radius 2 is 1.81 bits per heavy atom. The van der Waals surface area contributed by atoms with Gasteiger partial charge in [0, 0.05) is 13.1 Å². The van der Waals surface area contributed by atoms with Crippen LogP contribution in [0.4, 0.5) is 0 Å². The highest BCUT2D eigenvalue weighted by Crippen LogP contribution is 2.09. The minimum atomic E-state index is 0.283. The van der Waals surface area contributed by atoms with Gasteiger partial charge in [-0.15, -0.1) is 0 Å². The van der Waals surface area contributed by atoms with Gasteiger partial charge in [0.25, 0.3) is 0 Å². The van der Waals surface area contributed by atoms with Crippen molar-refractivity contribution < 1.29 is 4.79 Å². The molecule has 1 N–H and O–H groups in total. The van der Waals surface area contributed by atoms with Gasteiger partial charge >= 0.3 is 0 Å². The second-order valence-electron chi connectivity index (χ2n) is 5.15. The quantitative estimate of drug-likeness (QED) is 0.727. The number of carbonyl (C=O) groups is 1. The average molecular weight is 226 g/mol. The molecule has 1 saturated heterocycles. The molecule has 0 aromatic carbocycles. The van der Waals surface area contributed by atoms with Gasteiger partial charge in [-0.2, -0.15) is 0 Å². The van der Waals surface area contributed by atoms with Crippen LogP contribution >= 0.6 is 0 Å². The number of amides is 1. The molecule has 3 nitrogen and oxygen atoms in total. The van der Waals surface area contributed by atoms with E-state index in [4.69, 9.17) is 0 Å². The predicted molar refractivity (Wildman–Crippen MR) is 67.4 cm³/mol. The van der Waals surface area contributed by atoms with E-state index in [9.17, 15) is 4.79 Å². The molecule has 16 heavy (non-hydrogen) atoms. The number of hydrogen-bond acceptors (Lipinski definition) is 2. The van der Waals surface area contributed by atoms with Gasteiger partial charge in [0.2, 0.25) is 5.91 Å². The van der Waals surface area contributed by atoms with E-state index in [2.05, 4.69) is 19.2 Å². The van der Waals surface area contributed by atoms with Gasteiger partial charge in [0.05, 0.1) is 6.54 Å². The summed E-state index contributed by atoms with van der Waals surface area (Å²) in [5, 5.41) is 3.24. The number of likely N-dealkylation sites (tertiary alicyclic amines) is 1. The summed E-state index contributed by atoms with van der Waals surface area (Å²) in [6, 6.07) is 0. The largest absolute Gasteiger partial charge is 0.342 e. The second-order valence-corrected chi connectivity index (χ2v) is 5.15. The maximum Gasteiger partial charge on any atom is 0.236 e. The van der Waals surface area contributed by atoms with Crippen LogP contribution in [0.25, 0.3) is 0 Å². The fourth-order valence-corrected chi connectivity index (χ4v) is 2.02. The van der Waals surface area contributed by atoms with Crippen LogP contribution in [0.2, 0.25) is 0 Å². The minimum Gasteiger partial charge on any atom is -0.342 e. The summed E-state index contributed by atoms with van der Waals surface area (Å²) in [4.78, 5) is 13.9. The molecule has 1 amide bonds. The molecule has 1 rings (SSSR count). The molecule has 0 atom stereocenters. The van der Waals surface area contributed by atoms with Crippen LogP contribution < -0.4 is 5.32 Å². The van der Waals surface area contributed by atoms with Crippen molar-refractivity contribution in [3.05, 3.63) is 0 Å². The number of carbonyl (C=O) groups excluding carboxylic acids is 1. The number of nitrogens with zero attached hydrogens (tertiary/aromatic N) is 1. The minimum absolute atomic E-state index is 0.283. The summed E-state index contributed by atoms with van der Waals surface area (Å²) in [6.07, 6.45) is 6.07. The Bertz CT molecular complexity index is 196. The third-order valence-electron chi connectivity index (χ3n) is 3.13. The molecular weight excluding hydrogens is 200 g/mol. The van der Waals surface area contributed by atoms with Crippen LogP contribution in [-0.4, -0.2) is 37.0 Å². The van der Waals surface area contributed by atoms with E-state index in [1.54, 1.807) is 0 Å². The van der Waals surface area contributed by atoms with Crippen molar-refractivity contribution in [3.8, 4) is 0 Å². The molecule has 1 aliphatic rings. The summed E-state index contributed by atoms with van der Waals surface area (Å²) in [7, 11) is 0. The van der Waals surface area contributed by atoms with Crippen molar-refractivity contribution in [3.63, 3.8) is 0 Å². The zero-order valence-corrected chi connectivity index (χ0v) is 10.8. The summed E-state index contributed by atoms with van der Waals surface area (Å²) in [6.45, 7) is 7.82. The van der Waals surface area contributed by atoms with Crippen molar-refractivity contribution >= 4 is 5.91 Å². The summed E-state index contributed by atoms with van der Waals surface area (Å²) in [5.41, 5.74) is 0. The van der Waals surface area contributed by atoms with Crippen molar-refractivity contribution in [1.29, 1.82) is 0 Å². The molecule has 0 radical (unpaired) electrons. The third kappa shape index (κ3) is 5.50. The first-order chi connectivity index (χ1) is 7.70. The van der Waals surface area contributed by atoms with E-state index in [-0.39, 0.29) is 5.91 Å². The third-order valence-corrected chi connectivity index (χ3v) is 3.13. The SMILES string of the molecule is CC(C)CCNCC(=O)N1CCCCCC1. The van der Waals surface area contributed by atoms with Crippen LogP contribution in [0.5, 0.6) is 0 Å². The van der Waals surface area contributed by atoms with Gasteiger partial charge in [0.1, 0.15) is 0 Å². The van der Waals surface area contributed by atoms with Gasteiger partial charge in [-0.1, -0.05) is 26.7 Å². The summed E-state index contributed by atoms with van der Waals surface area (Å²) < 4.78 is 0. The monoisotopic (exact) mass is 226 g/mol. The van der Waals surface area contributed by atoms with Crippen molar-refractivity contribution in [2.45, 2.75) is 46.0 Å². The smallest absolute Gasteiger partial charge is 0.236 e. The Balaban J connectivity index is 2.13. The molecule has 0 aliphatic carbocycles. The fraction of sp³-hybridized carbons (Fsp3) is 0.923. The lowest BCUT2D eigenvalue weighted by atomic mass is 10.1. The van der Waals surface area contributed by atoms with Gasteiger partial charge < -0.3 is 10.2 Å². The highest BCUT2D eigenvalue weighted by Gasteiger charge is 2.14. The predicted octanol–water partition coefficient (Wildman–Crippen LogP) is 2.02. The second kappa shape index (κ2) is 7.66. The molecule has 1 fully saturated rings. The Kier molecular flexibility index (Phi) is 6.46. The molecule has 0 bridgehead atoms. The van der Waals surface area contributed by atoms with Crippen LogP contribution in [-0.2, 0) is 4.79 Å². The lowest BCUT2D eigenvalue weighted by molar-refractivity contribution is -0.130. The average Bonchev–Trinajstić information content (AvgIpc) is 2.52. The van der Waals surface area contributed by atoms with E-state index in [0.717, 1.165) is 26.1 Å². The normalized spacial score (nSPS) is 17.6. The van der Waals surface area contributed by atoms with E-state index < -0.39 is 0 Å². The molecule has 1 aliphatic heterocycles. The Hall–Kier alpha value is -0.570. The zero-order chi connectivity index (χ0) is 11.8. The first-order valence-electron chi connectivity index (χ1n) is 6.68. The molecule has 0 aromatic heterocycles. The Morgan fingerprint density at radius 3 is 2.38 bits per heavy atom. The summed E-state index contributed by atoms with van der Waals surface area (Å²) >= 11 is 0. The van der Waals surface area contributed by atoms with E-state index >= 15 is 0 Å². The first-order valence-corrected chi connectivity index (χ1v) is 6.68. The van der Waals surface area contributed by atoms with Crippen LogP contribution in [0, 0.1) is 5.92 Å². The number of hydrogen-bond donors (Lipinski definition) is 1. The highest BCUT2D eigenvalue weighted by atomic mass is 16.2. The van der Waals surface area contributed by atoms with Gasteiger partial charge in [-0.25, -0.2) is 0 Å². The van der Waals surface area contributed by atoms with Crippen molar-refractivity contribution in [1.82, 2.24) is 10.2 Å². The van der Waals surface area contributed by atoms with Gasteiger partial charge in [-0.3, -0.25) is 4.79 Å². The molecular formula is C13H26N2O. The molecule has 1 heterocycles. The van der Waals surface area contributed by atoms with Crippen LogP contribution in [0.3, 0.4) is 0 Å². The highest BCUT2D eigenvalue weighted by molar-refractivity contribution is 5.78. The molecule has 0 unspecified atom stereocenters. The van der Waals surface area contributed by atoms with Gasteiger partial charge in [-0.05, 0) is 31.7 Å². The fourth-order valence-electron chi connectivity index (χ4n) is 2.02. The Morgan fingerprint density at radius 1 is 1.19 bits per heavy atom. The first kappa shape index (κ1) is 13.5. The molecule has 94 valence electrons. The molecule has 3 heteroatoms. The maximum atomic E-state index is 11.9. The topological polar surface area (TPSA) is 32.3 Å². The molecule has 0 aromatic rings. The number of nitrogens with one attached hydrogen (secondary N) is 1. The molecule has 0 saturated carbocycles. The van der Waals surface area contributed by atoms with Gasteiger partial charge in [0.15, 0.2) is 0 Å². The maximum absolute atomic E-state index is 11.9. The Labute approximate surface area is 99.6 Å². The summed E-state index contributed by atoms with van der Waals surface area (Å²) in [5.74, 6) is 0.992. The van der Waals surface area contributed by atoms with E-state index in [0.29, 0.717) is 12.5 Å². The van der Waals surface area contributed by atoms with Crippen LogP contribution in [0.15, 0.2) is 0 Å². The van der Waals surface area contributed by atoms with E-state index in [1.165, 1.54) is 25.7 Å². The zero-order valence-electron chi connectivity index (χ0n) is 10.8. The number of rotatable bonds is 5. The molecule has 0 spiro atoms. The van der Waals surface area contributed by atoms with Crippen molar-refractivity contribution in [2.24, 2.45) is 5.92 Å². The van der Waals surface area contributed by atoms with E-state index in [1.807, 2.05) is 4.90 Å². The standard InChI is InChI=1S/C13H26N2O/c1-12(2)7-8-14-11-13(16)15-9-5-3-4-6-10-15/h12,14H,3-11H2,1-2H3.